The summed E-state index contributed by atoms with van der Waals surface area (Å²) in [5.41, 5.74) is 1.61. The molecule has 2 aromatic heterocycles. The predicted octanol–water partition coefficient (Wildman–Crippen LogP) is 4.66. The van der Waals surface area contributed by atoms with Gasteiger partial charge in [-0.1, -0.05) is 25.6 Å². The minimum atomic E-state index is -0.339. The second-order valence-corrected chi connectivity index (χ2v) is 10.4. The molecule has 7 nitrogen and oxygen atoms in total. The van der Waals surface area contributed by atoms with Gasteiger partial charge in [-0.25, -0.2) is 4.79 Å². The normalized spacial score (nSPS) is 18.0. The lowest BCUT2D eigenvalue weighted by molar-refractivity contribution is -0.113. The molecule has 1 unspecified atom stereocenters. The van der Waals surface area contributed by atoms with Crippen molar-refractivity contribution in [1.82, 2.24) is 14.8 Å². The summed E-state index contributed by atoms with van der Waals surface area (Å²) in [6, 6.07) is 0. The summed E-state index contributed by atoms with van der Waals surface area (Å²) < 4.78 is 7.45. The van der Waals surface area contributed by atoms with Crippen LogP contribution in [-0.4, -0.2) is 39.0 Å². The Bertz CT molecular complexity index is 964. The Morgan fingerprint density at radius 2 is 2.06 bits per heavy atom. The van der Waals surface area contributed by atoms with Gasteiger partial charge < -0.3 is 14.6 Å². The summed E-state index contributed by atoms with van der Waals surface area (Å²) in [5.74, 6) is 1.92. The zero-order valence-electron chi connectivity index (χ0n) is 18.4. The predicted molar refractivity (Wildman–Crippen MR) is 123 cm³/mol. The number of hydrogen-bond donors (Lipinski definition) is 1. The van der Waals surface area contributed by atoms with Crippen LogP contribution in [0.3, 0.4) is 0 Å². The lowest BCUT2D eigenvalue weighted by Gasteiger charge is -2.18. The van der Waals surface area contributed by atoms with E-state index >= 15 is 0 Å². The molecule has 0 aromatic carbocycles. The maximum absolute atomic E-state index is 12.8. The Hall–Kier alpha value is -1.87. The topological polar surface area (TPSA) is 86.1 Å². The number of esters is 1. The lowest BCUT2D eigenvalue weighted by Crippen LogP contribution is -2.18. The van der Waals surface area contributed by atoms with Crippen LogP contribution < -0.4 is 5.32 Å². The molecule has 0 radical (unpaired) electrons. The molecule has 1 saturated carbocycles. The summed E-state index contributed by atoms with van der Waals surface area (Å²) in [6.07, 6.45) is 6.20. The van der Waals surface area contributed by atoms with Gasteiger partial charge in [0.05, 0.1) is 17.9 Å². The summed E-state index contributed by atoms with van der Waals surface area (Å²) in [6.45, 7) is 7.35. The van der Waals surface area contributed by atoms with E-state index in [4.69, 9.17) is 4.74 Å². The number of carbonyl (C=O) groups excluding carboxylic acids is 2. The molecule has 1 fully saturated rings. The number of fused-ring (bicyclic) bond motifs is 1. The van der Waals surface area contributed by atoms with Gasteiger partial charge in [0.15, 0.2) is 5.16 Å². The number of nitrogens with one attached hydrogen (secondary N) is 1. The highest BCUT2D eigenvalue weighted by molar-refractivity contribution is 7.99. The number of anilines is 1. The summed E-state index contributed by atoms with van der Waals surface area (Å²) in [4.78, 5) is 26.6. The molecule has 2 aliphatic rings. The molecule has 4 rings (SSSR count). The first-order valence-corrected chi connectivity index (χ1v) is 13.0. The molecule has 1 N–H and O–H groups in total. The van der Waals surface area contributed by atoms with Crippen molar-refractivity contribution in [1.29, 1.82) is 0 Å². The van der Waals surface area contributed by atoms with Crippen molar-refractivity contribution in [3.63, 3.8) is 0 Å². The molecule has 9 heteroatoms. The van der Waals surface area contributed by atoms with Crippen molar-refractivity contribution >= 4 is 40.0 Å². The first kappa shape index (κ1) is 22.3. The summed E-state index contributed by atoms with van der Waals surface area (Å²) in [5, 5.41) is 13.1. The highest BCUT2D eigenvalue weighted by Crippen LogP contribution is 2.41. The maximum atomic E-state index is 12.8. The van der Waals surface area contributed by atoms with E-state index in [0.29, 0.717) is 29.0 Å². The minimum absolute atomic E-state index is 0.138. The van der Waals surface area contributed by atoms with Crippen molar-refractivity contribution in [2.24, 2.45) is 5.92 Å². The van der Waals surface area contributed by atoms with E-state index in [1.54, 1.807) is 6.92 Å². The van der Waals surface area contributed by atoms with E-state index in [1.165, 1.54) is 40.8 Å². The fraction of sp³-hybridized carbons (Fsp3) is 0.636. The maximum Gasteiger partial charge on any atom is 0.341 e. The van der Waals surface area contributed by atoms with E-state index in [-0.39, 0.29) is 17.6 Å². The van der Waals surface area contributed by atoms with Gasteiger partial charge in [-0.05, 0) is 56.9 Å². The third-order valence-electron chi connectivity index (χ3n) is 5.71. The SMILES string of the molecule is CCCn1c(SCC(=O)Nc2sc3c(c2C(=O)OCC)CCC(C)C3)nnc1C1CC1. The zero-order valence-corrected chi connectivity index (χ0v) is 20.0. The zero-order chi connectivity index (χ0) is 22.0. The molecule has 168 valence electrons. The van der Waals surface area contributed by atoms with Gasteiger partial charge in [0.1, 0.15) is 10.8 Å². The first-order chi connectivity index (χ1) is 15.0. The molecule has 2 aliphatic carbocycles. The van der Waals surface area contributed by atoms with Crippen molar-refractivity contribution < 1.29 is 14.3 Å². The number of thiophene rings is 1. The average Bonchev–Trinajstić information content (AvgIpc) is 3.40. The number of rotatable bonds is 9. The van der Waals surface area contributed by atoms with Gasteiger partial charge in [0, 0.05) is 17.3 Å². The average molecular weight is 463 g/mol. The van der Waals surface area contributed by atoms with Gasteiger partial charge >= 0.3 is 5.97 Å². The second kappa shape index (κ2) is 9.73. The van der Waals surface area contributed by atoms with Crippen LogP contribution in [0, 0.1) is 5.92 Å². The molecule has 0 aliphatic heterocycles. The Labute approximate surface area is 191 Å². The molecule has 0 bridgehead atoms. The fourth-order valence-corrected chi connectivity index (χ4v) is 6.22. The molecule has 0 saturated heterocycles. The minimum Gasteiger partial charge on any atom is -0.462 e. The van der Waals surface area contributed by atoms with Crippen LogP contribution in [0.25, 0.3) is 0 Å². The molecular formula is C22H30N4O3S2. The number of nitrogens with zero attached hydrogens (tertiary/aromatic N) is 3. The van der Waals surface area contributed by atoms with E-state index in [0.717, 1.165) is 48.8 Å². The van der Waals surface area contributed by atoms with Crippen LogP contribution in [0.15, 0.2) is 5.16 Å². The largest absolute Gasteiger partial charge is 0.462 e. The highest BCUT2D eigenvalue weighted by Gasteiger charge is 2.31. The monoisotopic (exact) mass is 462 g/mol. The Morgan fingerprint density at radius 1 is 1.26 bits per heavy atom. The quantitative estimate of drug-likeness (QED) is 0.431. The fourth-order valence-electron chi connectivity index (χ4n) is 4.03. The first-order valence-electron chi connectivity index (χ1n) is 11.2. The summed E-state index contributed by atoms with van der Waals surface area (Å²) in [7, 11) is 0. The third kappa shape index (κ3) is 4.98. The van der Waals surface area contributed by atoms with E-state index in [1.807, 2.05) is 0 Å². The smallest absolute Gasteiger partial charge is 0.341 e. The number of thioether (sulfide) groups is 1. The number of ether oxygens (including phenoxy) is 1. The van der Waals surface area contributed by atoms with Crippen LogP contribution in [0.5, 0.6) is 0 Å². The second-order valence-electron chi connectivity index (χ2n) is 8.38. The Kier molecular flexibility index (Phi) is 7.01. The van der Waals surface area contributed by atoms with Gasteiger partial charge in [-0.15, -0.1) is 21.5 Å². The van der Waals surface area contributed by atoms with Gasteiger partial charge in [0.2, 0.25) is 5.91 Å². The van der Waals surface area contributed by atoms with E-state index in [9.17, 15) is 9.59 Å². The molecular weight excluding hydrogens is 432 g/mol. The van der Waals surface area contributed by atoms with Crippen molar-refractivity contribution in [3.8, 4) is 0 Å². The molecule has 1 amide bonds. The number of hydrogen-bond acceptors (Lipinski definition) is 7. The molecule has 1 atom stereocenters. The van der Waals surface area contributed by atoms with Crippen LogP contribution >= 0.6 is 23.1 Å². The van der Waals surface area contributed by atoms with Gasteiger partial charge in [-0.3, -0.25) is 4.79 Å². The lowest BCUT2D eigenvalue weighted by atomic mass is 9.88. The standard InChI is InChI=1S/C22H30N4O3S2/c1-4-10-26-19(14-7-8-14)24-25-22(26)30-12-17(27)23-20-18(21(28)29-5-2)15-9-6-13(3)11-16(15)31-20/h13-14H,4-12H2,1-3H3,(H,23,27). The number of carbonyl (C=O) groups is 2. The number of aromatic nitrogens is 3. The van der Waals surface area contributed by atoms with Crippen LogP contribution in [0.4, 0.5) is 5.00 Å². The van der Waals surface area contributed by atoms with Gasteiger partial charge in [-0.2, -0.15) is 0 Å². The molecule has 0 spiro atoms. The number of amides is 1. The van der Waals surface area contributed by atoms with Crippen molar-refractivity contribution in [2.45, 2.75) is 76.9 Å². The third-order valence-corrected chi connectivity index (χ3v) is 7.85. The van der Waals surface area contributed by atoms with Crippen molar-refractivity contribution in [2.75, 3.05) is 17.7 Å². The molecule has 2 aromatic rings. The van der Waals surface area contributed by atoms with Crippen LogP contribution in [0.1, 0.15) is 79.0 Å². The Balaban J connectivity index is 1.47. The van der Waals surface area contributed by atoms with Crippen molar-refractivity contribution in [3.05, 3.63) is 21.8 Å². The van der Waals surface area contributed by atoms with Crippen LogP contribution in [0.2, 0.25) is 0 Å². The van der Waals surface area contributed by atoms with Gasteiger partial charge in [0.25, 0.3) is 0 Å². The van der Waals surface area contributed by atoms with E-state index in [2.05, 4.69) is 33.9 Å². The molecule has 2 heterocycles. The summed E-state index contributed by atoms with van der Waals surface area (Å²) >= 11 is 2.93. The Morgan fingerprint density at radius 3 is 2.77 bits per heavy atom. The highest BCUT2D eigenvalue weighted by atomic mass is 32.2. The van der Waals surface area contributed by atoms with E-state index < -0.39 is 0 Å². The molecule has 31 heavy (non-hydrogen) atoms. The van der Waals surface area contributed by atoms with Crippen LogP contribution in [-0.2, 0) is 28.9 Å².